The van der Waals surface area contributed by atoms with Crippen molar-refractivity contribution in [3.8, 4) is 0 Å². The third-order valence-electron chi connectivity index (χ3n) is 7.40. The molecule has 1 saturated heterocycles. The van der Waals surface area contributed by atoms with Crippen LogP contribution in [0.3, 0.4) is 0 Å². The predicted octanol–water partition coefficient (Wildman–Crippen LogP) is 4.64. The normalized spacial score (nSPS) is 14.1. The summed E-state index contributed by atoms with van der Waals surface area (Å²) in [5.41, 5.74) is 1.83. The Morgan fingerprint density at radius 1 is 1.00 bits per heavy atom. The molecule has 0 spiro atoms. The van der Waals surface area contributed by atoms with Crippen LogP contribution in [0.2, 0.25) is 0 Å². The van der Waals surface area contributed by atoms with Crippen LogP contribution in [0.1, 0.15) is 24.0 Å². The molecule has 0 aromatic heterocycles. The van der Waals surface area contributed by atoms with E-state index in [2.05, 4.69) is 5.32 Å². The average molecular weight is 615 g/mol. The minimum Gasteiger partial charge on any atom is -0.383 e. The lowest BCUT2D eigenvalue weighted by Gasteiger charge is -2.39. The molecule has 0 aliphatic carbocycles. The highest BCUT2D eigenvalue weighted by Crippen LogP contribution is 2.23. The van der Waals surface area contributed by atoms with Crippen LogP contribution >= 0.6 is 0 Å². The van der Waals surface area contributed by atoms with E-state index >= 15 is 0 Å². The van der Waals surface area contributed by atoms with E-state index in [1.165, 1.54) is 24.1 Å². The van der Waals surface area contributed by atoms with Gasteiger partial charge >= 0.3 is 6.03 Å². The first-order valence-corrected chi connectivity index (χ1v) is 15.4. The molecule has 1 aliphatic rings. The van der Waals surface area contributed by atoms with Crippen LogP contribution in [-0.4, -0.2) is 80.4 Å². The van der Waals surface area contributed by atoms with E-state index in [0.29, 0.717) is 18.9 Å². The molecule has 1 fully saturated rings. The van der Waals surface area contributed by atoms with Gasteiger partial charge in [0.25, 0.3) is 0 Å². The molecule has 9 nitrogen and oxygen atoms in total. The number of rotatable bonds is 11. The summed E-state index contributed by atoms with van der Waals surface area (Å²) in [4.78, 5) is 30.0. The lowest BCUT2D eigenvalue weighted by atomic mass is 10.0. The number of hydrogen-bond acceptors (Lipinski definition) is 5. The fourth-order valence-electron chi connectivity index (χ4n) is 4.94. The molecular weight excluding hydrogens is 578 g/mol. The van der Waals surface area contributed by atoms with Crippen molar-refractivity contribution in [2.75, 3.05) is 45.2 Å². The second kappa shape index (κ2) is 14.5. The molecule has 4 rings (SSSR count). The average Bonchev–Trinajstić information content (AvgIpc) is 3.00. The monoisotopic (exact) mass is 614 g/mol. The summed E-state index contributed by atoms with van der Waals surface area (Å²) in [6, 6.07) is 17.8. The van der Waals surface area contributed by atoms with E-state index in [9.17, 15) is 26.8 Å². The number of urea groups is 1. The molecule has 1 heterocycles. The molecule has 0 atom stereocenters. The third kappa shape index (κ3) is 8.37. The van der Waals surface area contributed by atoms with Gasteiger partial charge in [-0.1, -0.05) is 48.0 Å². The van der Waals surface area contributed by atoms with Crippen molar-refractivity contribution in [2.24, 2.45) is 0 Å². The first kappa shape index (κ1) is 32.1. The van der Waals surface area contributed by atoms with Crippen molar-refractivity contribution >= 4 is 27.6 Å². The predicted molar refractivity (Wildman–Crippen MR) is 159 cm³/mol. The number of sulfonamides is 1. The van der Waals surface area contributed by atoms with Crippen molar-refractivity contribution < 1.29 is 31.5 Å². The van der Waals surface area contributed by atoms with Gasteiger partial charge in [0.2, 0.25) is 15.9 Å². The highest BCUT2D eigenvalue weighted by atomic mass is 32.2. The van der Waals surface area contributed by atoms with Crippen LogP contribution in [-0.2, 0) is 26.1 Å². The molecule has 0 unspecified atom stereocenters. The van der Waals surface area contributed by atoms with Gasteiger partial charge in [-0.05, 0) is 49.6 Å². The lowest BCUT2D eigenvalue weighted by molar-refractivity contribution is -0.135. The molecule has 1 N–H and O–H groups in total. The fourth-order valence-corrected chi connectivity index (χ4v) is 6.33. The van der Waals surface area contributed by atoms with Crippen molar-refractivity contribution in [1.29, 1.82) is 0 Å². The number of benzene rings is 3. The summed E-state index contributed by atoms with van der Waals surface area (Å²) in [6.07, 6.45) is 0.862. The van der Waals surface area contributed by atoms with Crippen LogP contribution in [0, 0.1) is 18.6 Å². The zero-order chi connectivity index (χ0) is 31.0. The van der Waals surface area contributed by atoms with Crippen molar-refractivity contribution in [3.05, 3.63) is 95.6 Å². The van der Waals surface area contributed by atoms with Crippen LogP contribution in [0.5, 0.6) is 0 Å². The van der Waals surface area contributed by atoms with Gasteiger partial charge in [0.1, 0.15) is 11.6 Å². The minimum absolute atomic E-state index is 0.00357. The maximum absolute atomic E-state index is 14.1. The number of aryl methyl sites for hydroxylation is 1. The first-order valence-electron chi connectivity index (χ1n) is 14.0. The van der Waals surface area contributed by atoms with E-state index in [1.807, 2.05) is 31.2 Å². The largest absolute Gasteiger partial charge is 0.383 e. The Labute approximate surface area is 251 Å². The van der Waals surface area contributed by atoms with Crippen LogP contribution < -0.4 is 5.32 Å². The standard InChI is InChI=1S/C31H36F2N4O5S/c1-23-8-10-24(11-9-23)21-37(30(38)22-36(18-19-42-2)43(40,41)27-6-4-3-5-7-27)26-14-16-35(17-15-26)31(39)34-29-13-12-25(32)20-28(29)33/h3-13,20,26H,14-19,21-22H2,1-2H3,(H,34,39). The Morgan fingerprint density at radius 3 is 2.30 bits per heavy atom. The summed E-state index contributed by atoms with van der Waals surface area (Å²) in [6.45, 7) is 2.53. The number of amides is 3. The molecule has 3 aromatic carbocycles. The fraction of sp³-hybridized carbons (Fsp3) is 0.355. The molecule has 43 heavy (non-hydrogen) atoms. The van der Waals surface area contributed by atoms with Crippen molar-refractivity contribution in [2.45, 2.75) is 37.2 Å². The van der Waals surface area contributed by atoms with E-state index in [1.54, 1.807) is 23.1 Å². The zero-order valence-corrected chi connectivity index (χ0v) is 25.0. The van der Waals surface area contributed by atoms with Gasteiger partial charge in [-0.25, -0.2) is 22.0 Å². The highest BCUT2D eigenvalue weighted by Gasteiger charge is 2.33. The van der Waals surface area contributed by atoms with Crippen LogP contribution in [0.15, 0.2) is 77.7 Å². The van der Waals surface area contributed by atoms with Gasteiger partial charge in [0.05, 0.1) is 23.7 Å². The Hall–Kier alpha value is -3.87. The molecule has 1 aliphatic heterocycles. The topological polar surface area (TPSA) is 99.3 Å². The molecule has 3 aromatic rings. The number of hydrogen-bond donors (Lipinski definition) is 1. The van der Waals surface area contributed by atoms with E-state index in [4.69, 9.17) is 4.74 Å². The zero-order valence-electron chi connectivity index (χ0n) is 24.2. The van der Waals surface area contributed by atoms with E-state index in [0.717, 1.165) is 27.6 Å². The maximum atomic E-state index is 14.1. The van der Waals surface area contributed by atoms with Crippen molar-refractivity contribution in [3.63, 3.8) is 0 Å². The van der Waals surface area contributed by atoms with E-state index < -0.39 is 27.7 Å². The summed E-state index contributed by atoms with van der Waals surface area (Å²) in [7, 11) is -2.51. The minimum atomic E-state index is -3.98. The number of nitrogens with one attached hydrogen (secondary N) is 1. The van der Waals surface area contributed by atoms with Crippen LogP contribution in [0.25, 0.3) is 0 Å². The number of likely N-dealkylation sites (tertiary alicyclic amines) is 1. The Morgan fingerprint density at radius 2 is 1.67 bits per heavy atom. The van der Waals surface area contributed by atoms with Gasteiger partial charge in [-0.3, -0.25) is 4.79 Å². The molecule has 3 amide bonds. The van der Waals surface area contributed by atoms with Gasteiger partial charge in [-0.15, -0.1) is 0 Å². The Balaban J connectivity index is 1.50. The molecule has 0 radical (unpaired) electrons. The quantitative estimate of drug-likeness (QED) is 0.340. The molecule has 0 saturated carbocycles. The Kier molecular flexibility index (Phi) is 10.8. The number of nitrogens with zero attached hydrogens (tertiary/aromatic N) is 3. The number of carbonyl (C=O) groups is 2. The highest BCUT2D eigenvalue weighted by molar-refractivity contribution is 7.89. The summed E-state index contributed by atoms with van der Waals surface area (Å²) in [5, 5.41) is 2.48. The third-order valence-corrected chi connectivity index (χ3v) is 9.26. The second-order valence-electron chi connectivity index (χ2n) is 10.4. The van der Waals surface area contributed by atoms with Gasteiger partial charge < -0.3 is 19.9 Å². The second-order valence-corrected chi connectivity index (χ2v) is 12.4. The smallest absolute Gasteiger partial charge is 0.321 e. The van der Waals surface area contributed by atoms with Gasteiger partial charge in [0.15, 0.2) is 0 Å². The number of halogens is 2. The first-order chi connectivity index (χ1) is 20.6. The number of piperidine rings is 1. The van der Waals surface area contributed by atoms with Gasteiger partial charge in [-0.2, -0.15) is 4.31 Å². The summed E-state index contributed by atoms with van der Waals surface area (Å²) in [5.74, 6) is -1.99. The molecule has 0 bridgehead atoms. The number of methoxy groups -OCH3 is 1. The summed E-state index contributed by atoms with van der Waals surface area (Å²) >= 11 is 0. The van der Waals surface area contributed by atoms with Crippen molar-refractivity contribution in [1.82, 2.24) is 14.1 Å². The number of carbonyl (C=O) groups excluding carboxylic acids is 2. The lowest BCUT2D eigenvalue weighted by Crippen LogP contribution is -2.52. The molecule has 230 valence electrons. The van der Waals surface area contributed by atoms with E-state index in [-0.39, 0.29) is 61.9 Å². The number of ether oxygens (including phenoxy) is 1. The summed E-state index contributed by atoms with van der Waals surface area (Å²) < 4.78 is 60.6. The SMILES string of the molecule is COCCN(CC(=O)N(Cc1ccc(C)cc1)C1CCN(C(=O)Nc2ccc(F)cc2F)CC1)S(=O)(=O)c1ccccc1. The molecule has 12 heteroatoms. The van der Waals surface area contributed by atoms with Gasteiger partial charge in [0, 0.05) is 45.4 Å². The Bertz CT molecular complexity index is 1500. The number of anilines is 1. The maximum Gasteiger partial charge on any atom is 0.321 e. The molecular formula is C31H36F2N4O5S. The van der Waals surface area contributed by atoms with Crippen LogP contribution in [0.4, 0.5) is 19.3 Å².